The van der Waals surface area contributed by atoms with Gasteiger partial charge in [0, 0.05) is 31.5 Å². The van der Waals surface area contributed by atoms with Crippen LogP contribution in [0.1, 0.15) is 12.0 Å². The maximum atomic E-state index is 12.5. The number of nitrogens with one attached hydrogen (secondary N) is 1. The van der Waals surface area contributed by atoms with E-state index in [4.69, 9.17) is 9.47 Å². The van der Waals surface area contributed by atoms with Crippen molar-refractivity contribution >= 4 is 10.0 Å². The van der Waals surface area contributed by atoms with Crippen molar-refractivity contribution in [2.24, 2.45) is 0 Å². The Morgan fingerprint density at radius 2 is 1.96 bits per heavy atom. The number of rotatable bonds is 8. The first-order valence-corrected chi connectivity index (χ1v) is 8.64. The average molecular weight is 339 g/mol. The van der Waals surface area contributed by atoms with E-state index in [1.807, 2.05) is 17.7 Å². The Morgan fingerprint density at radius 3 is 2.57 bits per heavy atom. The zero-order valence-electron chi connectivity index (χ0n) is 13.4. The highest BCUT2D eigenvalue weighted by molar-refractivity contribution is 7.89. The predicted molar refractivity (Wildman–Crippen MR) is 86.3 cm³/mol. The summed E-state index contributed by atoms with van der Waals surface area (Å²) in [5, 5.41) is 0. The molecule has 0 bridgehead atoms. The van der Waals surface area contributed by atoms with Crippen molar-refractivity contribution in [1.29, 1.82) is 0 Å². The quantitative estimate of drug-likeness (QED) is 0.738. The third-order valence-electron chi connectivity index (χ3n) is 3.42. The molecule has 1 aromatic carbocycles. The third kappa shape index (κ3) is 4.23. The normalized spacial score (nSPS) is 11.4. The van der Waals surface area contributed by atoms with Gasteiger partial charge in [-0.1, -0.05) is 0 Å². The van der Waals surface area contributed by atoms with E-state index in [-0.39, 0.29) is 4.90 Å². The summed E-state index contributed by atoms with van der Waals surface area (Å²) in [4.78, 5) is 4.02. The molecule has 8 heteroatoms. The highest BCUT2D eigenvalue weighted by Gasteiger charge is 2.21. The summed E-state index contributed by atoms with van der Waals surface area (Å²) in [6.45, 7) is 2.84. The number of methoxy groups -OCH3 is 2. The Kier molecular flexibility index (Phi) is 5.62. The molecule has 0 aliphatic carbocycles. The molecule has 1 heterocycles. The molecule has 0 amide bonds. The van der Waals surface area contributed by atoms with E-state index in [9.17, 15) is 8.42 Å². The van der Waals surface area contributed by atoms with Crippen LogP contribution in [0.2, 0.25) is 0 Å². The van der Waals surface area contributed by atoms with Gasteiger partial charge in [-0.05, 0) is 25.0 Å². The lowest BCUT2D eigenvalue weighted by atomic mass is 10.2. The van der Waals surface area contributed by atoms with Gasteiger partial charge in [0.15, 0.2) is 0 Å². The van der Waals surface area contributed by atoms with E-state index in [1.54, 1.807) is 18.6 Å². The van der Waals surface area contributed by atoms with Crippen LogP contribution in [-0.4, -0.2) is 38.7 Å². The van der Waals surface area contributed by atoms with Gasteiger partial charge in [0.05, 0.1) is 20.5 Å². The van der Waals surface area contributed by atoms with Gasteiger partial charge >= 0.3 is 0 Å². The molecule has 126 valence electrons. The number of nitrogens with zero attached hydrogens (tertiary/aromatic N) is 2. The number of aromatic nitrogens is 2. The Labute approximate surface area is 136 Å². The molecular weight excluding hydrogens is 318 g/mol. The number of benzene rings is 1. The van der Waals surface area contributed by atoms with Crippen LogP contribution < -0.4 is 14.2 Å². The summed E-state index contributed by atoms with van der Waals surface area (Å²) in [6.07, 6.45) is 5.87. The molecule has 0 unspecified atom stereocenters. The highest BCUT2D eigenvalue weighted by Crippen LogP contribution is 2.31. The van der Waals surface area contributed by atoms with Crippen molar-refractivity contribution in [2.75, 3.05) is 20.8 Å². The maximum Gasteiger partial charge on any atom is 0.244 e. The summed E-state index contributed by atoms with van der Waals surface area (Å²) in [5.41, 5.74) is 0.809. The Balaban J connectivity index is 2.09. The van der Waals surface area contributed by atoms with Crippen LogP contribution in [-0.2, 0) is 16.6 Å². The van der Waals surface area contributed by atoms with Gasteiger partial charge in [0.25, 0.3) is 0 Å². The van der Waals surface area contributed by atoms with Crippen LogP contribution in [0.4, 0.5) is 0 Å². The first kappa shape index (κ1) is 17.3. The van der Waals surface area contributed by atoms with Crippen molar-refractivity contribution in [3.63, 3.8) is 0 Å². The molecule has 0 spiro atoms. The van der Waals surface area contributed by atoms with Gasteiger partial charge in [-0.25, -0.2) is 18.1 Å². The van der Waals surface area contributed by atoms with E-state index in [1.165, 1.54) is 20.3 Å². The summed E-state index contributed by atoms with van der Waals surface area (Å²) < 4.78 is 39.8. The van der Waals surface area contributed by atoms with E-state index >= 15 is 0 Å². The minimum absolute atomic E-state index is 0.0741. The third-order valence-corrected chi connectivity index (χ3v) is 4.90. The van der Waals surface area contributed by atoms with Crippen molar-refractivity contribution in [1.82, 2.24) is 14.3 Å². The number of hydrogen-bond donors (Lipinski definition) is 1. The SMILES string of the molecule is COc1cc(S(=O)(=O)NCCCn2ccnc2)c(OC)cc1C. The number of sulfonamides is 1. The first-order chi connectivity index (χ1) is 11.0. The number of hydrogen-bond acceptors (Lipinski definition) is 5. The lowest BCUT2D eigenvalue weighted by Gasteiger charge is -2.14. The lowest BCUT2D eigenvalue weighted by Crippen LogP contribution is -2.26. The molecule has 0 atom stereocenters. The predicted octanol–water partition coefficient (Wildman–Crippen LogP) is 1.58. The van der Waals surface area contributed by atoms with E-state index in [0.29, 0.717) is 31.0 Å². The van der Waals surface area contributed by atoms with E-state index < -0.39 is 10.0 Å². The fourth-order valence-corrected chi connectivity index (χ4v) is 3.44. The molecule has 2 rings (SSSR count). The molecule has 0 aliphatic rings. The van der Waals surface area contributed by atoms with Crippen molar-refractivity contribution < 1.29 is 17.9 Å². The van der Waals surface area contributed by atoms with Crippen molar-refractivity contribution in [2.45, 2.75) is 24.8 Å². The molecule has 0 saturated carbocycles. The Morgan fingerprint density at radius 1 is 1.22 bits per heavy atom. The van der Waals surface area contributed by atoms with E-state index in [2.05, 4.69) is 9.71 Å². The standard InChI is InChI=1S/C15H21N3O4S/c1-12-9-14(22-3)15(10-13(12)21-2)23(19,20)17-5-4-7-18-8-6-16-11-18/h6,8-11,17H,4-5,7H2,1-3H3. The molecule has 0 fully saturated rings. The van der Waals surface area contributed by atoms with Crippen molar-refractivity contribution in [3.05, 3.63) is 36.4 Å². The summed E-state index contributed by atoms with van der Waals surface area (Å²) in [5.74, 6) is 0.801. The van der Waals surface area contributed by atoms with E-state index in [0.717, 1.165) is 5.56 Å². The minimum Gasteiger partial charge on any atom is -0.496 e. The topological polar surface area (TPSA) is 82.5 Å². The zero-order chi connectivity index (χ0) is 16.9. The maximum absolute atomic E-state index is 12.5. The molecular formula is C15H21N3O4S. The molecule has 0 aliphatic heterocycles. The highest BCUT2D eigenvalue weighted by atomic mass is 32.2. The number of ether oxygens (including phenoxy) is 2. The molecule has 23 heavy (non-hydrogen) atoms. The molecule has 0 radical (unpaired) electrons. The second-order valence-electron chi connectivity index (χ2n) is 5.02. The van der Waals surface area contributed by atoms with Crippen LogP contribution in [0.25, 0.3) is 0 Å². The van der Waals surface area contributed by atoms with Gasteiger partial charge < -0.3 is 14.0 Å². The van der Waals surface area contributed by atoms with Gasteiger partial charge in [-0.15, -0.1) is 0 Å². The van der Waals surface area contributed by atoms with Gasteiger partial charge in [0.2, 0.25) is 10.0 Å². The second-order valence-corrected chi connectivity index (χ2v) is 6.76. The Hall–Kier alpha value is -2.06. The van der Waals surface area contributed by atoms with Gasteiger partial charge in [-0.2, -0.15) is 0 Å². The van der Waals surface area contributed by atoms with Crippen molar-refractivity contribution in [3.8, 4) is 11.5 Å². The van der Waals surface area contributed by atoms with Gasteiger partial charge in [0.1, 0.15) is 16.4 Å². The fourth-order valence-electron chi connectivity index (χ4n) is 2.20. The summed E-state index contributed by atoms with van der Waals surface area (Å²) in [7, 11) is -0.726. The fraction of sp³-hybridized carbons (Fsp3) is 0.400. The Bertz CT molecular complexity index is 742. The molecule has 7 nitrogen and oxygen atoms in total. The van der Waals surface area contributed by atoms with Crippen LogP contribution >= 0.6 is 0 Å². The monoisotopic (exact) mass is 339 g/mol. The van der Waals surface area contributed by atoms with Crippen LogP contribution in [0.15, 0.2) is 35.7 Å². The summed E-state index contributed by atoms with van der Waals surface area (Å²) >= 11 is 0. The molecule has 1 N–H and O–H groups in total. The average Bonchev–Trinajstić information content (AvgIpc) is 3.04. The second kappa shape index (κ2) is 7.47. The number of imidazole rings is 1. The zero-order valence-corrected chi connectivity index (χ0v) is 14.3. The molecule has 0 saturated heterocycles. The van der Waals surface area contributed by atoms with Crippen LogP contribution in [0.3, 0.4) is 0 Å². The molecule has 1 aromatic heterocycles. The van der Waals surface area contributed by atoms with Gasteiger partial charge in [-0.3, -0.25) is 0 Å². The molecule has 2 aromatic rings. The van der Waals surface area contributed by atoms with Crippen LogP contribution in [0, 0.1) is 6.92 Å². The number of aryl methyl sites for hydroxylation is 2. The lowest BCUT2D eigenvalue weighted by molar-refractivity contribution is 0.389. The smallest absolute Gasteiger partial charge is 0.244 e. The largest absolute Gasteiger partial charge is 0.496 e. The minimum atomic E-state index is -3.67. The first-order valence-electron chi connectivity index (χ1n) is 7.16. The summed E-state index contributed by atoms with van der Waals surface area (Å²) in [6, 6.07) is 3.13. The van der Waals surface area contributed by atoms with Crippen LogP contribution in [0.5, 0.6) is 11.5 Å².